The van der Waals surface area contributed by atoms with Gasteiger partial charge in [-0.2, -0.15) is 0 Å². The van der Waals surface area contributed by atoms with Gasteiger partial charge >= 0.3 is 17.9 Å². The zero-order chi connectivity index (χ0) is 42.3. The van der Waals surface area contributed by atoms with E-state index in [2.05, 4.69) is 32.9 Å². The molecule has 1 atom stereocenters. The molecule has 0 aromatic heterocycles. The molecule has 0 bridgehead atoms. The summed E-state index contributed by atoms with van der Waals surface area (Å²) in [5.74, 6) is -0.856. The van der Waals surface area contributed by atoms with Gasteiger partial charge in [0, 0.05) is 19.3 Å². The van der Waals surface area contributed by atoms with E-state index in [1.165, 1.54) is 186 Å². The van der Waals surface area contributed by atoms with Gasteiger partial charge in [-0.1, -0.05) is 232 Å². The molecule has 6 heteroatoms. The molecule has 0 N–H and O–H groups in total. The van der Waals surface area contributed by atoms with Gasteiger partial charge in [-0.25, -0.2) is 0 Å². The minimum atomic E-state index is -0.764. The SMILES string of the molecule is CCCCCC/C=C\CCCCCCCCCC(=O)OCC(COC(=O)CCCCCCCCCCCC)OC(=O)CCCCCCCCCCCCCCCCC. The van der Waals surface area contributed by atoms with Gasteiger partial charge in [0.05, 0.1) is 0 Å². The molecule has 0 aliphatic rings. The van der Waals surface area contributed by atoms with Crippen molar-refractivity contribution < 1.29 is 28.6 Å². The minimum Gasteiger partial charge on any atom is -0.462 e. The van der Waals surface area contributed by atoms with Crippen molar-refractivity contribution in [2.45, 2.75) is 290 Å². The van der Waals surface area contributed by atoms with Crippen LogP contribution >= 0.6 is 0 Å². The number of ether oxygens (including phenoxy) is 3. The Hall–Kier alpha value is -1.85. The third-order valence-corrected chi connectivity index (χ3v) is 11.5. The van der Waals surface area contributed by atoms with E-state index in [0.717, 1.165) is 57.8 Å². The topological polar surface area (TPSA) is 78.9 Å². The molecule has 0 fully saturated rings. The summed E-state index contributed by atoms with van der Waals surface area (Å²) in [7, 11) is 0. The minimum absolute atomic E-state index is 0.0662. The first-order valence-corrected chi connectivity index (χ1v) is 25.7. The van der Waals surface area contributed by atoms with Crippen LogP contribution in [0.15, 0.2) is 12.2 Å². The Kier molecular flexibility index (Phi) is 46.3. The molecule has 0 aromatic rings. The Balaban J connectivity index is 4.31. The number of carbonyl (C=O) groups excluding carboxylic acids is 3. The molecule has 1 unspecified atom stereocenters. The maximum Gasteiger partial charge on any atom is 0.306 e. The van der Waals surface area contributed by atoms with Crippen molar-refractivity contribution in [1.29, 1.82) is 0 Å². The van der Waals surface area contributed by atoms with Crippen LogP contribution in [-0.2, 0) is 28.6 Å². The lowest BCUT2D eigenvalue weighted by Gasteiger charge is -2.18. The molecule has 0 heterocycles. The fourth-order valence-corrected chi connectivity index (χ4v) is 7.61. The number of hydrogen-bond donors (Lipinski definition) is 0. The second kappa shape index (κ2) is 47.8. The van der Waals surface area contributed by atoms with Crippen molar-refractivity contribution in [2.24, 2.45) is 0 Å². The van der Waals surface area contributed by atoms with E-state index in [-0.39, 0.29) is 31.1 Å². The molecule has 342 valence electrons. The van der Waals surface area contributed by atoms with E-state index in [0.29, 0.717) is 19.3 Å². The molecular formula is C52H98O6. The Bertz CT molecular complexity index is 900. The Morgan fingerprint density at radius 1 is 0.328 bits per heavy atom. The fourth-order valence-electron chi connectivity index (χ4n) is 7.61. The summed E-state index contributed by atoms with van der Waals surface area (Å²) < 4.78 is 16.8. The van der Waals surface area contributed by atoms with E-state index in [4.69, 9.17) is 14.2 Å². The monoisotopic (exact) mass is 819 g/mol. The highest BCUT2D eigenvalue weighted by Gasteiger charge is 2.19. The Labute approximate surface area is 360 Å². The van der Waals surface area contributed by atoms with Gasteiger partial charge in [-0.15, -0.1) is 0 Å². The lowest BCUT2D eigenvalue weighted by molar-refractivity contribution is -0.167. The standard InChI is InChI=1S/C52H98O6/c1-4-7-10-13-16-19-22-24-26-28-30-33-36-39-42-45-51(54)57-48-49(47-56-50(53)44-41-38-35-32-21-18-15-12-9-6-3)58-52(55)46-43-40-37-34-31-29-27-25-23-20-17-14-11-8-5-2/h19,22,49H,4-18,20-21,23-48H2,1-3H3/b22-19-. The molecule has 0 spiro atoms. The molecule has 0 aromatic carbocycles. The molecule has 0 rings (SSSR count). The Morgan fingerprint density at radius 2 is 0.569 bits per heavy atom. The van der Waals surface area contributed by atoms with Gasteiger partial charge in [-0.3, -0.25) is 14.4 Å². The smallest absolute Gasteiger partial charge is 0.306 e. The molecule has 0 aliphatic heterocycles. The van der Waals surface area contributed by atoms with Crippen LogP contribution in [-0.4, -0.2) is 37.2 Å². The highest BCUT2D eigenvalue weighted by molar-refractivity contribution is 5.71. The van der Waals surface area contributed by atoms with Crippen molar-refractivity contribution in [3.63, 3.8) is 0 Å². The van der Waals surface area contributed by atoms with Crippen LogP contribution in [0.1, 0.15) is 284 Å². The largest absolute Gasteiger partial charge is 0.462 e. The average Bonchev–Trinajstić information content (AvgIpc) is 3.22. The number of rotatable bonds is 47. The zero-order valence-corrected chi connectivity index (χ0v) is 39.1. The van der Waals surface area contributed by atoms with E-state index in [1.54, 1.807) is 0 Å². The summed E-state index contributed by atoms with van der Waals surface area (Å²) >= 11 is 0. The number of unbranched alkanes of at least 4 members (excludes halogenated alkanes) is 34. The maximum absolute atomic E-state index is 12.8. The number of allylic oxidation sites excluding steroid dienone is 2. The number of esters is 3. The van der Waals surface area contributed by atoms with Crippen molar-refractivity contribution in [3.05, 3.63) is 12.2 Å². The fraction of sp³-hybridized carbons (Fsp3) is 0.904. The van der Waals surface area contributed by atoms with Crippen LogP contribution in [0.4, 0.5) is 0 Å². The molecule has 0 radical (unpaired) electrons. The van der Waals surface area contributed by atoms with Crippen molar-refractivity contribution >= 4 is 17.9 Å². The quantitative estimate of drug-likeness (QED) is 0.0263. The molecule has 58 heavy (non-hydrogen) atoms. The lowest BCUT2D eigenvalue weighted by atomic mass is 10.0. The summed E-state index contributed by atoms with van der Waals surface area (Å²) in [6.45, 7) is 6.64. The van der Waals surface area contributed by atoms with Crippen LogP contribution in [0.2, 0.25) is 0 Å². The maximum atomic E-state index is 12.8. The second-order valence-electron chi connectivity index (χ2n) is 17.4. The van der Waals surface area contributed by atoms with E-state index in [9.17, 15) is 14.4 Å². The van der Waals surface area contributed by atoms with E-state index >= 15 is 0 Å². The van der Waals surface area contributed by atoms with Gasteiger partial charge in [0.25, 0.3) is 0 Å². The first-order valence-electron chi connectivity index (χ1n) is 25.7. The summed E-state index contributed by atoms with van der Waals surface area (Å²) in [5.41, 5.74) is 0. The van der Waals surface area contributed by atoms with Crippen LogP contribution < -0.4 is 0 Å². The summed E-state index contributed by atoms with van der Waals surface area (Å²) in [5, 5.41) is 0. The average molecular weight is 819 g/mol. The van der Waals surface area contributed by atoms with Crippen LogP contribution in [0, 0.1) is 0 Å². The molecule has 0 amide bonds. The number of hydrogen-bond acceptors (Lipinski definition) is 6. The number of carbonyl (C=O) groups is 3. The normalized spacial score (nSPS) is 12.0. The first kappa shape index (κ1) is 56.1. The Morgan fingerprint density at radius 3 is 0.879 bits per heavy atom. The van der Waals surface area contributed by atoms with Gasteiger partial charge in [0.15, 0.2) is 6.10 Å². The molecule has 0 saturated carbocycles. The zero-order valence-electron chi connectivity index (χ0n) is 39.1. The highest BCUT2D eigenvalue weighted by atomic mass is 16.6. The van der Waals surface area contributed by atoms with Crippen LogP contribution in [0.25, 0.3) is 0 Å². The lowest BCUT2D eigenvalue weighted by Crippen LogP contribution is -2.30. The van der Waals surface area contributed by atoms with Gasteiger partial charge in [-0.05, 0) is 44.9 Å². The summed E-state index contributed by atoms with van der Waals surface area (Å²) in [6, 6.07) is 0. The summed E-state index contributed by atoms with van der Waals surface area (Å²) in [4.78, 5) is 37.9. The van der Waals surface area contributed by atoms with E-state index < -0.39 is 6.10 Å². The third kappa shape index (κ3) is 45.2. The molecular weight excluding hydrogens is 721 g/mol. The molecule has 0 aliphatic carbocycles. The predicted octanol–water partition coefficient (Wildman–Crippen LogP) is 16.6. The second-order valence-corrected chi connectivity index (χ2v) is 17.4. The van der Waals surface area contributed by atoms with Crippen molar-refractivity contribution in [2.75, 3.05) is 13.2 Å². The van der Waals surface area contributed by atoms with Crippen LogP contribution in [0.5, 0.6) is 0 Å². The van der Waals surface area contributed by atoms with Crippen LogP contribution in [0.3, 0.4) is 0 Å². The van der Waals surface area contributed by atoms with E-state index in [1.807, 2.05) is 0 Å². The summed E-state index contributed by atoms with van der Waals surface area (Å²) in [6.07, 6.45) is 51.9. The van der Waals surface area contributed by atoms with Gasteiger partial charge < -0.3 is 14.2 Å². The predicted molar refractivity (Wildman–Crippen MR) is 247 cm³/mol. The van der Waals surface area contributed by atoms with Crippen molar-refractivity contribution in [3.8, 4) is 0 Å². The molecule has 0 saturated heterocycles. The third-order valence-electron chi connectivity index (χ3n) is 11.5. The van der Waals surface area contributed by atoms with Gasteiger partial charge in [0.1, 0.15) is 13.2 Å². The van der Waals surface area contributed by atoms with Crippen molar-refractivity contribution in [1.82, 2.24) is 0 Å². The highest BCUT2D eigenvalue weighted by Crippen LogP contribution is 2.16. The van der Waals surface area contributed by atoms with Gasteiger partial charge in [0.2, 0.25) is 0 Å². The first-order chi connectivity index (χ1) is 28.5. The molecule has 6 nitrogen and oxygen atoms in total.